The molecule has 0 aromatic heterocycles. The Bertz CT molecular complexity index is 1620. The molecule has 1 heterocycles. The minimum atomic E-state index is -4.18. The number of Topliss-reactive ketones (excluding diaryl/α,β-unsaturated/α-hetero) is 2. The van der Waals surface area contributed by atoms with E-state index in [0.717, 1.165) is 17.8 Å². The number of methoxy groups -OCH3 is 1. The molecular weight excluding hydrogens is 734 g/mol. The van der Waals surface area contributed by atoms with Gasteiger partial charge >= 0.3 is 10.1 Å². The van der Waals surface area contributed by atoms with Gasteiger partial charge in [0.1, 0.15) is 4.90 Å². The van der Waals surface area contributed by atoms with Gasteiger partial charge < -0.3 is 13.8 Å². The Kier molecular flexibility index (Phi) is 9.35. The van der Waals surface area contributed by atoms with E-state index in [1.807, 2.05) is 0 Å². The summed E-state index contributed by atoms with van der Waals surface area (Å²) in [4.78, 5) is 30.3. The van der Waals surface area contributed by atoms with Gasteiger partial charge in [0.25, 0.3) is 0 Å². The van der Waals surface area contributed by atoms with Gasteiger partial charge in [0, 0.05) is 66.6 Å². The molecule has 0 saturated carbocycles. The van der Waals surface area contributed by atoms with Crippen LogP contribution < -0.4 is 4.18 Å². The fourth-order valence-electron chi connectivity index (χ4n) is 6.60. The molecule has 0 spiro atoms. The van der Waals surface area contributed by atoms with E-state index in [2.05, 4.69) is 64.5 Å². The number of nitrogens with zero attached hydrogens (tertiary/aromatic N) is 1. The van der Waals surface area contributed by atoms with Crippen LogP contribution in [0.5, 0.6) is 5.75 Å². The van der Waals surface area contributed by atoms with Crippen LogP contribution >= 0.6 is 43.5 Å². The Morgan fingerprint density at radius 3 is 1.86 bits per heavy atom. The van der Waals surface area contributed by atoms with Gasteiger partial charge in [-0.15, -0.1) is 0 Å². The summed E-state index contributed by atoms with van der Waals surface area (Å²) in [6.45, 7) is 9.65. The molecule has 0 fully saturated rings. The van der Waals surface area contributed by atoms with E-state index in [1.165, 1.54) is 24.3 Å². The molecule has 5 rings (SSSR count). The van der Waals surface area contributed by atoms with E-state index in [1.54, 1.807) is 19.2 Å². The first-order valence-electron chi connectivity index (χ1n) is 14.5. The van der Waals surface area contributed by atoms with Crippen LogP contribution in [0.25, 0.3) is 0 Å². The second-order valence-corrected chi connectivity index (χ2v) is 17.0. The van der Waals surface area contributed by atoms with Crippen molar-refractivity contribution >= 4 is 65.1 Å². The zero-order chi connectivity index (χ0) is 32.2. The molecule has 0 unspecified atom stereocenters. The van der Waals surface area contributed by atoms with E-state index >= 15 is 0 Å². The summed E-state index contributed by atoms with van der Waals surface area (Å²) < 4.78 is 37.9. The summed E-state index contributed by atoms with van der Waals surface area (Å²) in [5.74, 6) is -0.461. The Labute approximate surface area is 281 Å². The van der Waals surface area contributed by atoms with Crippen LogP contribution in [0, 0.1) is 10.8 Å². The van der Waals surface area contributed by atoms with Gasteiger partial charge in [-0.1, -0.05) is 39.3 Å². The fourth-order valence-corrected chi connectivity index (χ4v) is 9.29. The molecule has 0 atom stereocenters. The average Bonchev–Trinajstić information content (AvgIpc) is 2.90. The SMILES string of the molecule is COCCCN1C2=C(C(=O)CC(C)(C)C2)C(c2cc(Br)c(OS(=O)(=O)c3ccc(Cl)cc3)c(Br)c2)C2=C1CC(C)(C)CC2=O. The van der Waals surface area contributed by atoms with Crippen LogP contribution in [0.2, 0.25) is 5.02 Å². The molecule has 0 N–H and O–H groups in total. The maximum atomic E-state index is 14.0. The highest BCUT2D eigenvalue weighted by Gasteiger charge is 2.49. The highest BCUT2D eigenvalue weighted by atomic mass is 79.9. The molecule has 3 aliphatic rings. The predicted octanol–water partition coefficient (Wildman–Crippen LogP) is 8.35. The molecule has 2 aromatic rings. The number of ketones is 2. The van der Waals surface area contributed by atoms with Crippen molar-refractivity contribution in [3.05, 3.63) is 78.5 Å². The van der Waals surface area contributed by atoms with Crippen LogP contribution in [0.4, 0.5) is 0 Å². The second-order valence-electron chi connectivity index (χ2n) is 13.3. The maximum Gasteiger partial charge on any atom is 0.339 e. The zero-order valence-corrected chi connectivity index (χ0v) is 30.2. The van der Waals surface area contributed by atoms with Crippen LogP contribution in [-0.4, -0.2) is 45.1 Å². The molecule has 2 aliphatic carbocycles. The first kappa shape index (κ1) is 33.4. The quantitative estimate of drug-likeness (QED) is 0.197. The van der Waals surface area contributed by atoms with Gasteiger partial charge in [-0.25, -0.2) is 0 Å². The number of hydrogen-bond donors (Lipinski definition) is 0. The third-order valence-electron chi connectivity index (χ3n) is 8.40. The average molecular weight is 770 g/mol. The number of ether oxygens (including phenoxy) is 1. The number of hydrogen-bond acceptors (Lipinski definition) is 7. The lowest BCUT2D eigenvalue weighted by Crippen LogP contribution is -2.44. The van der Waals surface area contributed by atoms with E-state index in [9.17, 15) is 18.0 Å². The van der Waals surface area contributed by atoms with Crippen molar-refractivity contribution in [3.63, 3.8) is 0 Å². The van der Waals surface area contributed by atoms with Gasteiger partial charge in [0.15, 0.2) is 17.3 Å². The van der Waals surface area contributed by atoms with E-state index in [0.29, 0.717) is 69.5 Å². The molecule has 0 amide bonds. The Morgan fingerprint density at radius 2 is 1.39 bits per heavy atom. The number of benzene rings is 2. The standard InChI is InChI=1S/C33H36Br2ClNO6S/c1-32(2)15-24-29(26(38)17-32)28(30-25(37(24)11-6-12-42-5)16-33(3,4)18-27(30)39)19-13-22(34)31(23(35)14-19)43-44(40,41)21-9-7-20(36)8-10-21/h7-10,13-14,28H,6,11-12,15-18H2,1-5H3. The third-order valence-corrected chi connectivity index (χ3v) is 11.1. The lowest BCUT2D eigenvalue weighted by atomic mass is 9.63. The van der Waals surface area contributed by atoms with Gasteiger partial charge in [0.2, 0.25) is 0 Å². The molecule has 44 heavy (non-hydrogen) atoms. The molecule has 0 saturated heterocycles. The van der Waals surface area contributed by atoms with Crippen molar-refractivity contribution in [3.8, 4) is 5.75 Å². The van der Waals surface area contributed by atoms with Crippen LogP contribution in [0.15, 0.2) is 72.8 Å². The van der Waals surface area contributed by atoms with Crippen molar-refractivity contribution in [2.75, 3.05) is 20.3 Å². The summed E-state index contributed by atoms with van der Waals surface area (Å²) in [5, 5.41) is 0.407. The van der Waals surface area contributed by atoms with Crippen molar-refractivity contribution < 1.29 is 26.9 Å². The highest BCUT2D eigenvalue weighted by Crippen LogP contribution is 2.55. The second kappa shape index (κ2) is 12.3. The van der Waals surface area contributed by atoms with Crippen LogP contribution in [-0.2, 0) is 24.4 Å². The number of halogens is 3. The first-order valence-corrected chi connectivity index (χ1v) is 17.9. The summed E-state index contributed by atoms with van der Waals surface area (Å²) >= 11 is 13.0. The Hall–Kier alpha value is -1.98. The van der Waals surface area contributed by atoms with Crippen LogP contribution in [0.1, 0.15) is 71.3 Å². The highest BCUT2D eigenvalue weighted by molar-refractivity contribution is 9.11. The topological polar surface area (TPSA) is 90.0 Å². The van der Waals surface area contributed by atoms with E-state index < -0.39 is 16.0 Å². The van der Waals surface area contributed by atoms with E-state index in [4.69, 9.17) is 20.5 Å². The summed E-state index contributed by atoms with van der Waals surface area (Å²) in [6, 6.07) is 9.24. The molecule has 0 radical (unpaired) electrons. The third kappa shape index (κ3) is 6.61. The van der Waals surface area contributed by atoms with Crippen molar-refractivity contribution in [1.82, 2.24) is 4.90 Å². The molecule has 236 valence electrons. The minimum absolute atomic E-state index is 0.0278. The van der Waals surface area contributed by atoms with Crippen molar-refractivity contribution in [2.24, 2.45) is 10.8 Å². The minimum Gasteiger partial charge on any atom is -0.385 e. The van der Waals surface area contributed by atoms with E-state index in [-0.39, 0.29) is 33.0 Å². The largest absolute Gasteiger partial charge is 0.385 e. The van der Waals surface area contributed by atoms with Gasteiger partial charge in [0.05, 0.1) is 8.95 Å². The lowest BCUT2D eigenvalue weighted by molar-refractivity contribution is -0.119. The normalized spacial score (nSPS) is 20.1. The molecule has 11 heteroatoms. The van der Waals surface area contributed by atoms with Crippen LogP contribution in [0.3, 0.4) is 0 Å². The van der Waals surface area contributed by atoms with Crippen molar-refractivity contribution in [1.29, 1.82) is 0 Å². The number of carbonyl (C=O) groups is 2. The van der Waals surface area contributed by atoms with Gasteiger partial charge in [-0.3, -0.25) is 9.59 Å². The number of rotatable bonds is 8. The van der Waals surface area contributed by atoms with Gasteiger partial charge in [-0.05, 0) is 104 Å². The Balaban J connectivity index is 1.65. The van der Waals surface area contributed by atoms with Crippen molar-refractivity contribution in [2.45, 2.75) is 70.6 Å². The fraction of sp³-hybridized carbons (Fsp3) is 0.455. The maximum absolute atomic E-state index is 14.0. The zero-order valence-electron chi connectivity index (χ0n) is 25.4. The summed E-state index contributed by atoms with van der Waals surface area (Å²) in [7, 11) is -2.50. The first-order chi connectivity index (χ1) is 20.5. The lowest BCUT2D eigenvalue weighted by Gasteiger charge is -2.49. The monoisotopic (exact) mass is 767 g/mol. The smallest absolute Gasteiger partial charge is 0.339 e. The Morgan fingerprint density at radius 1 is 0.886 bits per heavy atom. The molecule has 7 nitrogen and oxygen atoms in total. The van der Waals surface area contributed by atoms with Gasteiger partial charge in [-0.2, -0.15) is 8.42 Å². The molecule has 0 bridgehead atoms. The molecule has 1 aliphatic heterocycles. The summed E-state index contributed by atoms with van der Waals surface area (Å²) in [5.41, 5.74) is 3.47. The molecule has 2 aromatic carbocycles. The summed E-state index contributed by atoms with van der Waals surface area (Å²) in [6.07, 6.45) is 2.90. The molecular formula is C33H36Br2ClNO6S. The number of allylic oxidation sites excluding steroid dienone is 4. The number of carbonyl (C=O) groups excluding carboxylic acids is 2. The predicted molar refractivity (Wildman–Crippen MR) is 177 cm³/mol.